The van der Waals surface area contributed by atoms with Gasteiger partial charge in [-0.2, -0.15) is 10.7 Å². The van der Waals surface area contributed by atoms with Crippen LogP contribution < -0.4 is 0 Å². The highest BCUT2D eigenvalue weighted by Gasteiger charge is 2.15. The average molecular weight is 131 g/mol. The normalized spacial score (nSPS) is 29.0. The van der Waals surface area contributed by atoms with Crippen LogP contribution in [0.3, 0.4) is 0 Å². The maximum Gasteiger partial charge on any atom is 0.515 e. The molecule has 0 amide bonds. The molecule has 0 saturated carbocycles. The summed E-state index contributed by atoms with van der Waals surface area (Å²) in [6.45, 7) is 0. The molecule has 0 spiro atoms. The highest BCUT2D eigenvalue weighted by Crippen LogP contribution is 2.27. The van der Waals surface area contributed by atoms with Gasteiger partial charge in [0, 0.05) is 11.7 Å². The minimum absolute atomic E-state index is 0.865. The van der Waals surface area contributed by atoms with E-state index < -0.39 is 17.1 Å². The number of aliphatic imine (C=N–C) groups is 1. The summed E-state index contributed by atoms with van der Waals surface area (Å²) in [7, 11) is -0.865. The second-order valence-corrected chi connectivity index (χ2v) is 3.24. The van der Waals surface area contributed by atoms with Crippen molar-refractivity contribution in [1.29, 1.82) is 0 Å². The Labute approximate surface area is 50.1 Å². The van der Waals surface area contributed by atoms with E-state index in [0.717, 1.165) is 0 Å². The fourth-order valence-corrected chi connectivity index (χ4v) is 1.22. The molecule has 1 aliphatic heterocycles. The zero-order valence-corrected chi connectivity index (χ0v) is 4.99. The van der Waals surface area contributed by atoms with Crippen LogP contribution in [0.2, 0.25) is 0 Å². The smallest absolute Gasteiger partial charge is 0.418 e. The van der Waals surface area contributed by atoms with Gasteiger partial charge in [0.15, 0.2) is 0 Å². The summed E-state index contributed by atoms with van der Waals surface area (Å²) in [6.07, 6.45) is 0.345. The Kier molecular flexibility index (Phi) is 1.72. The molecule has 1 aliphatic rings. The summed E-state index contributed by atoms with van der Waals surface area (Å²) in [6, 6.07) is 0. The van der Waals surface area contributed by atoms with Gasteiger partial charge in [0.2, 0.25) is 0 Å². The first-order chi connectivity index (χ1) is 3.80. The Morgan fingerprint density at radius 3 is 2.50 bits per heavy atom. The average Bonchev–Trinajstić information content (AvgIpc) is 2.12. The number of thiol groups is 1. The minimum Gasteiger partial charge on any atom is -0.418 e. The van der Waals surface area contributed by atoms with Crippen molar-refractivity contribution in [2.45, 2.75) is 0 Å². The molecule has 0 fully saturated rings. The van der Waals surface area contributed by atoms with Gasteiger partial charge in [-0.3, -0.25) is 4.99 Å². The summed E-state index contributed by atoms with van der Waals surface area (Å²) < 4.78 is 0. The molecular formula is C3H6BNO2S. The third-order valence-electron chi connectivity index (χ3n) is 0.792. The van der Waals surface area contributed by atoms with E-state index in [4.69, 9.17) is 10.0 Å². The molecule has 1 rings (SSSR count). The number of hydrogen-bond acceptors (Lipinski definition) is 3. The summed E-state index contributed by atoms with van der Waals surface area (Å²) in [5, 5.41) is 18.7. The Bertz CT molecular complexity index is 123. The standard InChI is InChI=1S/C3H6BNO2S/c6-4(7)8-2-1-5-3-8/h1-3,6-8H. The predicted molar refractivity (Wildman–Crippen MR) is 36.8 cm³/mol. The summed E-state index contributed by atoms with van der Waals surface area (Å²) in [5.74, 6) is 0. The lowest BCUT2D eigenvalue weighted by Gasteiger charge is -2.02. The van der Waals surface area contributed by atoms with Gasteiger partial charge < -0.3 is 10.0 Å². The largest absolute Gasteiger partial charge is 0.515 e. The van der Waals surface area contributed by atoms with Crippen LogP contribution in [0.1, 0.15) is 0 Å². The summed E-state index contributed by atoms with van der Waals surface area (Å²) in [4.78, 5) is 3.69. The van der Waals surface area contributed by atoms with Gasteiger partial charge in [-0.1, -0.05) is 0 Å². The molecule has 2 N–H and O–H groups in total. The van der Waals surface area contributed by atoms with Crippen molar-refractivity contribution in [3.63, 3.8) is 0 Å². The zero-order valence-electron chi connectivity index (χ0n) is 4.10. The van der Waals surface area contributed by atoms with Crippen molar-refractivity contribution in [2.75, 3.05) is 0 Å². The van der Waals surface area contributed by atoms with Gasteiger partial charge in [-0.15, -0.1) is 0 Å². The summed E-state index contributed by atoms with van der Waals surface area (Å²) >= 11 is 0. The fourth-order valence-electron chi connectivity index (χ4n) is 0.406. The lowest BCUT2D eigenvalue weighted by molar-refractivity contribution is 0.438. The molecule has 0 aromatic heterocycles. The molecule has 0 radical (unpaired) electrons. The Morgan fingerprint density at radius 1 is 1.50 bits per heavy atom. The van der Waals surface area contributed by atoms with E-state index in [1.165, 1.54) is 0 Å². The van der Waals surface area contributed by atoms with Crippen molar-refractivity contribution >= 4 is 22.7 Å². The molecule has 0 saturated heterocycles. The van der Waals surface area contributed by atoms with Gasteiger partial charge >= 0.3 is 6.40 Å². The second kappa shape index (κ2) is 2.34. The first-order valence-electron chi connectivity index (χ1n) is 2.14. The van der Waals surface area contributed by atoms with Crippen molar-refractivity contribution in [1.82, 2.24) is 0 Å². The quantitative estimate of drug-likeness (QED) is 0.331. The minimum atomic E-state index is -1.23. The molecule has 8 heavy (non-hydrogen) atoms. The lowest BCUT2D eigenvalue weighted by Crippen LogP contribution is -2.09. The van der Waals surface area contributed by atoms with Gasteiger partial charge in [0.1, 0.15) is 0 Å². The molecule has 0 bridgehead atoms. The Balaban J connectivity index is 2.49. The maximum atomic E-state index is 8.49. The van der Waals surface area contributed by atoms with Crippen LogP contribution in [0.15, 0.2) is 16.6 Å². The highest BCUT2D eigenvalue weighted by molar-refractivity contribution is 8.50. The number of nitrogens with zero attached hydrogens (tertiary/aromatic N) is 1. The summed E-state index contributed by atoms with van der Waals surface area (Å²) in [5.41, 5.74) is 1.56. The van der Waals surface area contributed by atoms with Crippen molar-refractivity contribution in [3.05, 3.63) is 11.6 Å². The van der Waals surface area contributed by atoms with Crippen molar-refractivity contribution in [2.24, 2.45) is 4.99 Å². The molecule has 44 valence electrons. The molecule has 1 heterocycles. The fraction of sp³-hybridized carbons (Fsp3) is 0. The van der Waals surface area contributed by atoms with Crippen LogP contribution in [0, 0.1) is 0 Å². The van der Waals surface area contributed by atoms with Gasteiger partial charge in [-0.05, 0) is 5.41 Å². The SMILES string of the molecule is OB(O)[SH]1C=CN=C1. The van der Waals surface area contributed by atoms with Gasteiger partial charge in [0.25, 0.3) is 0 Å². The van der Waals surface area contributed by atoms with Crippen LogP contribution >= 0.6 is 10.7 Å². The monoisotopic (exact) mass is 131 g/mol. The predicted octanol–water partition coefficient (Wildman–Crippen LogP) is -0.530. The molecule has 3 nitrogen and oxygen atoms in total. The molecule has 0 aromatic rings. The van der Waals surface area contributed by atoms with Crippen LogP contribution in [-0.4, -0.2) is 22.0 Å². The molecule has 0 aliphatic carbocycles. The first kappa shape index (κ1) is 5.87. The third kappa shape index (κ3) is 1.12. The number of rotatable bonds is 1. The first-order valence-corrected chi connectivity index (χ1v) is 3.69. The Hall–Kier alpha value is -0.255. The number of hydrogen-bond donors (Lipinski definition) is 3. The Morgan fingerprint density at radius 2 is 2.25 bits per heavy atom. The van der Waals surface area contributed by atoms with E-state index in [-0.39, 0.29) is 0 Å². The van der Waals surface area contributed by atoms with Gasteiger partial charge in [0.05, 0.1) is 0 Å². The van der Waals surface area contributed by atoms with Crippen LogP contribution in [0.5, 0.6) is 0 Å². The maximum absolute atomic E-state index is 8.49. The van der Waals surface area contributed by atoms with E-state index in [0.29, 0.717) is 0 Å². The molecule has 0 aromatic carbocycles. The molecule has 5 heteroatoms. The second-order valence-electron chi connectivity index (χ2n) is 1.36. The topological polar surface area (TPSA) is 52.8 Å². The van der Waals surface area contributed by atoms with Crippen molar-refractivity contribution in [3.8, 4) is 0 Å². The third-order valence-corrected chi connectivity index (χ3v) is 2.20. The molecular weight excluding hydrogens is 125 g/mol. The molecule has 1 atom stereocenters. The lowest BCUT2D eigenvalue weighted by atomic mass is 10.4. The van der Waals surface area contributed by atoms with E-state index in [9.17, 15) is 0 Å². The van der Waals surface area contributed by atoms with Crippen LogP contribution in [0.4, 0.5) is 0 Å². The van der Waals surface area contributed by atoms with Crippen molar-refractivity contribution < 1.29 is 10.0 Å². The van der Waals surface area contributed by atoms with E-state index in [1.54, 1.807) is 17.2 Å². The zero-order chi connectivity index (χ0) is 5.98. The van der Waals surface area contributed by atoms with Gasteiger partial charge in [-0.25, -0.2) is 0 Å². The van der Waals surface area contributed by atoms with Crippen LogP contribution in [0.25, 0.3) is 0 Å². The molecule has 1 unspecified atom stereocenters. The van der Waals surface area contributed by atoms with E-state index >= 15 is 0 Å². The van der Waals surface area contributed by atoms with E-state index in [2.05, 4.69) is 4.99 Å². The van der Waals surface area contributed by atoms with E-state index in [1.807, 2.05) is 0 Å². The van der Waals surface area contributed by atoms with Crippen LogP contribution in [-0.2, 0) is 0 Å². The highest BCUT2D eigenvalue weighted by atomic mass is 32.2.